The molecule has 0 saturated heterocycles. The second-order valence-corrected chi connectivity index (χ2v) is 5.86. The van der Waals surface area contributed by atoms with Crippen LogP contribution >= 0.6 is 0 Å². The lowest BCUT2D eigenvalue weighted by Gasteiger charge is -2.30. The molecule has 1 aliphatic rings. The first-order chi connectivity index (χ1) is 9.35. The third-order valence-electron chi connectivity index (χ3n) is 2.75. The van der Waals surface area contributed by atoms with Crippen molar-refractivity contribution in [1.82, 2.24) is 4.90 Å². The van der Waals surface area contributed by atoms with E-state index in [0.717, 1.165) is 5.75 Å². The molecular formula is C15H21NO4. The third kappa shape index (κ3) is 3.79. The van der Waals surface area contributed by atoms with Crippen LogP contribution in [0.2, 0.25) is 0 Å². The van der Waals surface area contributed by atoms with Gasteiger partial charge in [0.25, 0.3) is 0 Å². The molecule has 0 saturated carbocycles. The quantitative estimate of drug-likeness (QED) is 0.835. The molecule has 110 valence electrons. The van der Waals surface area contributed by atoms with Gasteiger partial charge in [0, 0.05) is 7.05 Å². The maximum absolute atomic E-state index is 11.9. The van der Waals surface area contributed by atoms with Crippen molar-refractivity contribution in [2.75, 3.05) is 20.2 Å². The summed E-state index contributed by atoms with van der Waals surface area (Å²) in [6.07, 6.45) is -0.553. The maximum Gasteiger partial charge on any atom is 0.410 e. The van der Waals surface area contributed by atoms with Crippen LogP contribution in [0.5, 0.6) is 11.5 Å². The average molecular weight is 279 g/mol. The van der Waals surface area contributed by atoms with E-state index in [2.05, 4.69) is 0 Å². The summed E-state index contributed by atoms with van der Waals surface area (Å²) in [6.45, 7) is 6.37. The molecular weight excluding hydrogens is 258 g/mol. The highest BCUT2D eigenvalue weighted by atomic mass is 16.6. The first-order valence-electron chi connectivity index (χ1n) is 6.68. The Morgan fingerprint density at radius 1 is 1.35 bits per heavy atom. The number of amides is 1. The summed E-state index contributed by atoms with van der Waals surface area (Å²) in [5.41, 5.74) is -0.498. The molecule has 0 spiro atoms. The zero-order valence-corrected chi connectivity index (χ0v) is 12.4. The largest absolute Gasteiger partial charge is 0.486 e. The van der Waals surface area contributed by atoms with Gasteiger partial charge >= 0.3 is 6.09 Å². The van der Waals surface area contributed by atoms with Crippen LogP contribution in [0.3, 0.4) is 0 Å². The van der Waals surface area contributed by atoms with E-state index in [4.69, 9.17) is 14.2 Å². The van der Waals surface area contributed by atoms with Crippen LogP contribution in [0.1, 0.15) is 20.8 Å². The molecule has 0 N–H and O–H groups in total. The Morgan fingerprint density at radius 3 is 2.65 bits per heavy atom. The van der Waals surface area contributed by atoms with Crippen molar-refractivity contribution in [2.45, 2.75) is 32.5 Å². The van der Waals surface area contributed by atoms with E-state index in [1.54, 1.807) is 7.05 Å². The standard InChI is InChI=1S/C15H21NO4/c1-15(2,3)20-14(17)16(4)9-11-10-18-12-7-5-6-8-13(12)19-11/h5-8,11H,9-10H2,1-4H3. The molecule has 1 aromatic carbocycles. The molecule has 1 aromatic rings. The van der Waals surface area contributed by atoms with E-state index in [9.17, 15) is 4.79 Å². The summed E-state index contributed by atoms with van der Waals surface area (Å²) in [4.78, 5) is 13.4. The van der Waals surface area contributed by atoms with Crippen molar-refractivity contribution < 1.29 is 19.0 Å². The zero-order chi connectivity index (χ0) is 14.8. The topological polar surface area (TPSA) is 48.0 Å². The Bertz CT molecular complexity index is 481. The Labute approximate surface area is 119 Å². The van der Waals surface area contributed by atoms with Crippen LogP contribution in [0.25, 0.3) is 0 Å². The Morgan fingerprint density at radius 2 is 2.00 bits per heavy atom. The highest BCUT2D eigenvalue weighted by Crippen LogP contribution is 2.30. The lowest BCUT2D eigenvalue weighted by Crippen LogP contribution is -2.43. The molecule has 0 aliphatic carbocycles. The monoisotopic (exact) mass is 279 g/mol. The minimum atomic E-state index is -0.498. The summed E-state index contributed by atoms with van der Waals surface area (Å²) in [5, 5.41) is 0. The first kappa shape index (κ1) is 14.5. The molecule has 0 fully saturated rings. The van der Waals surface area contributed by atoms with Crippen LogP contribution in [0, 0.1) is 0 Å². The normalized spacial score (nSPS) is 17.5. The van der Waals surface area contributed by atoms with Crippen LogP contribution in [-0.4, -0.2) is 42.9 Å². The number of nitrogens with zero attached hydrogens (tertiary/aromatic N) is 1. The second-order valence-electron chi connectivity index (χ2n) is 5.86. The van der Waals surface area contributed by atoms with E-state index in [0.29, 0.717) is 18.9 Å². The van der Waals surface area contributed by atoms with Gasteiger partial charge < -0.3 is 19.1 Å². The molecule has 0 bridgehead atoms. The third-order valence-corrected chi connectivity index (χ3v) is 2.75. The van der Waals surface area contributed by atoms with Crippen molar-refractivity contribution in [2.24, 2.45) is 0 Å². The van der Waals surface area contributed by atoms with Crippen molar-refractivity contribution in [3.05, 3.63) is 24.3 Å². The number of hydrogen-bond donors (Lipinski definition) is 0. The molecule has 5 heteroatoms. The van der Waals surface area contributed by atoms with Gasteiger partial charge in [-0.1, -0.05) is 12.1 Å². The zero-order valence-electron chi connectivity index (χ0n) is 12.4. The van der Waals surface area contributed by atoms with E-state index in [1.165, 1.54) is 4.90 Å². The molecule has 2 rings (SSSR count). The molecule has 1 unspecified atom stereocenters. The van der Waals surface area contributed by atoms with Crippen molar-refractivity contribution in [3.8, 4) is 11.5 Å². The van der Waals surface area contributed by atoms with Crippen LogP contribution < -0.4 is 9.47 Å². The number of carbonyl (C=O) groups is 1. The fourth-order valence-corrected chi connectivity index (χ4v) is 1.87. The number of benzene rings is 1. The Kier molecular flexibility index (Phi) is 4.06. The molecule has 1 heterocycles. The molecule has 0 radical (unpaired) electrons. The number of fused-ring (bicyclic) bond motifs is 1. The van der Waals surface area contributed by atoms with Gasteiger partial charge in [0.05, 0.1) is 6.54 Å². The second kappa shape index (κ2) is 5.61. The van der Waals surface area contributed by atoms with Gasteiger partial charge in [-0.3, -0.25) is 0 Å². The fraction of sp³-hybridized carbons (Fsp3) is 0.533. The molecule has 20 heavy (non-hydrogen) atoms. The van der Waals surface area contributed by atoms with E-state index in [1.807, 2.05) is 45.0 Å². The van der Waals surface area contributed by atoms with E-state index < -0.39 is 5.60 Å². The van der Waals surface area contributed by atoms with E-state index in [-0.39, 0.29) is 12.2 Å². The number of likely N-dealkylation sites (N-methyl/N-ethyl adjacent to an activating group) is 1. The van der Waals surface area contributed by atoms with Gasteiger partial charge in [-0.05, 0) is 32.9 Å². The van der Waals surface area contributed by atoms with Crippen LogP contribution in [0.15, 0.2) is 24.3 Å². The number of carbonyl (C=O) groups excluding carboxylic acids is 1. The summed E-state index contributed by atoms with van der Waals surface area (Å²) < 4.78 is 16.7. The van der Waals surface area contributed by atoms with Crippen molar-refractivity contribution >= 4 is 6.09 Å². The number of ether oxygens (including phenoxy) is 3. The maximum atomic E-state index is 11.9. The molecule has 1 aliphatic heterocycles. The average Bonchev–Trinajstić information content (AvgIpc) is 2.36. The summed E-state index contributed by atoms with van der Waals surface area (Å²) in [6, 6.07) is 7.51. The van der Waals surface area contributed by atoms with Crippen molar-refractivity contribution in [3.63, 3.8) is 0 Å². The van der Waals surface area contributed by atoms with Crippen LogP contribution in [-0.2, 0) is 4.74 Å². The van der Waals surface area contributed by atoms with Crippen LogP contribution in [0.4, 0.5) is 4.79 Å². The lowest BCUT2D eigenvalue weighted by atomic mass is 10.2. The van der Waals surface area contributed by atoms with E-state index >= 15 is 0 Å². The highest BCUT2D eigenvalue weighted by molar-refractivity contribution is 5.67. The number of rotatable bonds is 2. The van der Waals surface area contributed by atoms with Crippen molar-refractivity contribution in [1.29, 1.82) is 0 Å². The van der Waals surface area contributed by atoms with Gasteiger partial charge in [0.15, 0.2) is 17.6 Å². The molecule has 5 nitrogen and oxygen atoms in total. The van der Waals surface area contributed by atoms with Gasteiger partial charge in [0.2, 0.25) is 0 Å². The SMILES string of the molecule is CN(CC1COc2ccccc2O1)C(=O)OC(C)(C)C. The minimum Gasteiger partial charge on any atom is -0.486 e. The first-order valence-corrected chi connectivity index (χ1v) is 6.68. The summed E-state index contributed by atoms with van der Waals surface area (Å²) >= 11 is 0. The molecule has 1 amide bonds. The minimum absolute atomic E-state index is 0.192. The van der Waals surface area contributed by atoms with Gasteiger partial charge in [-0.2, -0.15) is 0 Å². The van der Waals surface area contributed by atoms with Gasteiger partial charge in [-0.25, -0.2) is 4.79 Å². The smallest absolute Gasteiger partial charge is 0.410 e. The van der Waals surface area contributed by atoms with Gasteiger partial charge in [-0.15, -0.1) is 0 Å². The predicted molar refractivity (Wildman–Crippen MR) is 75.2 cm³/mol. The summed E-state index contributed by atoms with van der Waals surface area (Å²) in [7, 11) is 1.69. The van der Waals surface area contributed by atoms with Gasteiger partial charge in [0.1, 0.15) is 12.2 Å². The Balaban J connectivity index is 1.90. The number of hydrogen-bond acceptors (Lipinski definition) is 4. The highest BCUT2D eigenvalue weighted by Gasteiger charge is 2.26. The lowest BCUT2D eigenvalue weighted by molar-refractivity contribution is 0.0145. The number of para-hydroxylation sites is 2. The predicted octanol–water partition coefficient (Wildman–Crippen LogP) is 2.69. The molecule has 0 aromatic heterocycles. The fourth-order valence-electron chi connectivity index (χ4n) is 1.87. The molecule has 1 atom stereocenters. The summed E-state index contributed by atoms with van der Waals surface area (Å²) in [5.74, 6) is 1.45. The Hall–Kier alpha value is -1.91.